The maximum absolute atomic E-state index is 12.8. The van der Waals surface area contributed by atoms with E-state index in [0.717, 1.165) is 135 Å². The number of hydrogen-bond acceptors (Lipinski definition) is 6. The van der Waals surface area contributed by atoms with Gasteiger partial charge in [0.15, 0.2) is 6.10 Å². The summed E-state index contributed by atoms with van der Waals surface area (Å²) in [4.78, 5) is 37.9. The maximum Gasteiger partial charge on any atom is 0.306 e. The van der Waals surface area contributed by atoms with Crippen molar-refractivity contribution in [1.82, 2.24) is 0 Å². The van der Waals surface area contributed by atoms with E-state index in [-0.39, 0.29) is 31.1 Å². The van der Waals surface area contributed by atoms with E-state index in [1.165, 1.54) is 64.2 Å². The molecule has 0 aliphatic carbocycles. The van der Waals surface area contributed by atoms with Gasteiger partial charge in [-0.2, -0.15) is 0 Å². The molecule has 0 aromatic carbocycles. The third-order valence-electron chi connectivity index (χ3n) is 10.8. The first-order valence-corrected chi connectivity index (χ1v) is 26.1. The lowest BCUT2D eigenvalue weighted by molar-refractivity contribution is -0.167. The molecule has 0 aromatic heterocycles. The van der Waals surface area contributed by atoms with E-state index in [1.807, 2.05) is 0 Å². The summed E-state index contributed by atoms with van der Waals surface area (Å²) in [5.41, 5.74) is 0. The second-order valence-corrected chi connectivity index (χ2v) is 17.0. The highest BCUT2D eigenvalue weighted by atomic mass is 16.6. The molecule has 0 radical (unpaired) electrons. The van der Waals surface area contributed by atoms with Crippen LogP contribution in [0.3, 0.4) is 0 Å². The zero-order chi connectivity index (χ0) is 45.8. The molecule has 6 heteroatoms. The van der Waals surface area contributed by atoms with Crippen LogP contribution in [0.4, 0.5) is 0 Å². The van der Waals surface area contributed by atoms with Crippen LogP contribution in [0.15, 0.2) is 85.1 Å². The zero-order valence-corrected chi connectivity index (χ0v) is 41.1. The van der Waals surface area contributed by atoms with E-state index in [2.05, 4.69) is 106 Å². The average Bonchev–Trinajstić information content (AvgIpc) is 3.28. The zero-order valence-electron chi connectivity index (χ0n) is 41.1. The van der Waals surface area contributed by atoms with Gasteiger partial charge in [0, 0.05) is 19.3 Å². The Hall–Kier alpha value is -3.41. The summed E-state index contributed by atoms with van der Waals surface area (Å²) in [6, 6.07) is 0. The third-order valence-corrected chi connectivity index (χ3v) is 10.8. The quantitative estimate of drug-likeness (QED) is 0.0262. The number of carbonyl (C=O) groups excluding carboxylic acids is 3. The Morgan fingerprint density at radius 2 is 0.651 bits per heavy atom. The SMILES string of the molecule is CC/C=C\C/C=C\C/C=C\C/C=C\CCCCCCCCCCC(=O)OCC(COC(=O)CCCCCCC/C=C\CCC)OC(=O)CCCCCCC/C=C\C/C=C\CCCC. The van der Waals surface area contributed by atoms with E-state index in [1.54, 1.807) is 0 Å². The lowest BCUT2D eigenvalue weighted by atomic mass is 10.1. The first kappa shape index (κ1) is 59.6. The second-order valence-electron chi connectivity index (χ2n) is 17.0. The molecule has 0 aliphatic heterocycles. The van der Waals surface area contributed by atoms with Gasteiger partial charge in [0.25, 0.3) is 0 Å². The van der Waals surface area contributed by atoms with Gasteiger partial charge in [-0.15, -0.1) is 0 Å². The van der Waals surface area contributed by atoms with Crippen molar-refractivity contribution in [3.05, 3.63) is 85.1 Å². The van der Waals surface area contributed by atoms with Crippen molar-refractivity contribution in [1.29, 1.82) is 0 Å². The highest BCUT2D eigenvalue weighted by Crippen LogP contribution is 2.14. The molecule has 1 atom stereocenters. The van der Waals surface area contributed by atoms with Gasteiger partial charge < -0.3 is 14.2 Å². The number of rotatable bonds is 46. The average molecular weight is 877 g/mol. The molecule has 0 spiro atoms. The van der Waals surface area contributed by atoms with Crippen LogP contribution in [-0.4, -0.2) is 37.2 Å². The Labute approximate surface area is 388 Å². The predicted molar refractivity (Wildman–Crippen MR) is 270 cm³/mol. The van der Waals surface area contributed by atoms with E-state index >= 15 is 0 Å². The van der Waals surface area contributed by atoms with Gasteiger partial charge in [-0.25, -0.2) is 0 Å². The van der Waals surface area contributed by atoms with Gasteiger partial charge in [0.2, 0.25) is 0 Å². The molecular formula is C57H96O6. The van der Waals surface area contributed by atoms with Gasteiger partial charge >= 0.3 is 17.9 Å². The number of allylic oxidation sites excluding steroid dienone is 14. The smallest absolute Gasteiger partial charge is 0.306 e. The molecule has 0 aromatic rings. The van der Waals surface area contributed by atoms with E-state index in [4.69, 9.17) is 14.2 Å². The first-order valence-electron chi connectivity index (χ1n) is 26.1. The minimum Gasteiger partial charge on any atom is -0.462 e. The molecule has 0 fully saturated rings. The first-order chi connectivity index (χ1) is 31.0. The van der Waals surface area contributed by atoms with Crippen LogP contribution in [0.1, 0.15) is 239 Å². The summed E-state index contributed by atoms with van der Waals surface area (Å²) in [6.45, 7) is 6.39. The van der Waals surface area contributed by atoms with Crippen molar-refractivity contribution >= 4 is 17.9 Å². The number of hydrogen-bond donors (Lipinski definition) is 0. The largest absolute Gasteiger partial charge is 0.462 e. The lowest BCUT2D eigenvalue weighted by Gasteiger charge is -2.18. The Bertz CT molecular complexity index is 1240. The van der Waals surface area contributed by atoms with E-state index in [0.29, 0.717) is 19.3 Å². The van der Waals surface area contributed by atoms with Crippen molar-refractivity contribution in [2.45, 2.75) is 245 Å². The highest BCUT2D eigenvalue weighted by molar-refractivity contribution is 5.71. The van der Waals surface area contributed by atoms with Crippen LogP contribution >= 0.6 is 0 Å². The summed E-state index contributed by atoms with van der Waals surface area (Å²) in [5.74, 6) is -0.923. The maximum atomic E-state index is 12.8. The van der Waals surface area contributed by atoms with Crippen LogP contribution < -0.4 is 0 Å². The van der Waals surface area contributed by atoms with Crippen LogP contribution in [-0.2, 0) is 28.6 Å². The molecule has 0 saturated carbocycles. The molecule has 1 unspecified atom stereocenters. The van der Waals surface area contributed by atoms with E-state index < -0.39 is 6.10 Å². The van der Waals surface area contributed by atoms with Crippen molar-refractivity contribution in [3.63, 3.8) is 0 Å². The number of ether oxygens (including phenoxy) is 3. The summed E-state index contributed by atoms with van der Waals surface area (Å²) >= 11 is 0. The summed E-state index contributed by atoms with van der Waals surface area (Å²) < 4.78 is 16.8. The molecule has 6 nitrogen and oxygen atoms in total. The second kappa shape index (κ2) is 51.2. The summed E-state index contributed by atoms with van der Waals surface area (Å²) in [7, 11) is 0. The standard InChI is InChI=1S/C57H96O6/c1-4-7-10-13-16-19-22-24-26-27-28-29-30-31-32-34-35-38-41-44-47-50-56(59)62-53-54(52-61-55(58)49-46-43-40-37-21-18-15-12-9-6-3)63-57(60)51-48-45-42-39-36-33-25-23-20-17-14-11-8-5-2/h7,10,12,14-17,19,23-26,28-29,54H,4-6,8-9,11,13,18,20-22,27,30-53H2,1-3H3/b10-7-,15-12-,17-14-,19-16-,25-23-,26-24-,29-28-. The van der Waals surface area contributed by atoms with Crippen molar-refractivity contribution in [3.8, 4) is 0 Å². The molecular weight excluding hydrogens is 781 g/mol. The molecule has 0 heterocycles. The number of unbranched alkanes of at least 4 members (excludes halogenated alkanes) is 21. The summed E-state index contributed by atoms with van der Waals surface area (Å²) in [6.07, 6.45) is 65.7. The predicted octanol–water partition coefficient (Wildman–Crippen LogP) is 17.2. The molecule has 0 bridgehead atoms. The lowest BCUT2D eigenvalue weighted by Crippen LogP contribution is -2.30. The summed E-state index contributed by atoms with van der Waals surface area (Å²) in [5, 5.41) is 0. The van der Waals surface area contributed by atoms with Crippen LogP contribution in [0.5, 0.6) is 0 Å². The number of esters is 3. The van der Waals surface area contributed by atoms with Gasteiger partial charge in [-0.1, -0.05) is 202 Å². The van der Waals surface area contributed by atoms with Crippen molar-refractivity contribution < 1.29 is 28.6 Å². The van der Waals surface area contributed by atoms with Gasteiger partial charge in [-0.05, 0) is 103 Å². The van der Waals surface area contributed by atoms with Crippen molar-refractivity contribution in [2.75, 3.05) is 13.2 Å². The third kappa shape index (κ3) is 49.5. The van der Waals surface area contributed by atoms with Crippen LogP contribution in [0.25, 0.3) is 0 Å². The Morgan fingerprint density at radius 1 is 0.333 bits per heavy atom. The molecule has 0 aliphatic rings. The monoisotopic (exact) mass is 877 g/mol. The molecule has 0 rings (SSSR count). The fraction of sp³-hybridized carbons (Fsp3) is 0.702. The fourth-order valence-electron chi connectivity index (χ4n) is 6.92. The van der Waals surface area contributed by atoms with Gasteiger partial charge in [0.1, 0.15) is 13.2 Å². The molecule has 63 heavy (non-hydrogen) atoms. The van der Waals surface area contributed by atoms with Gasteiger partial charge in [0.05, 0.1) is 0 Å². The minimum atomic E-state index is -0.789. The molecule has 0 N–H and O–H groups in total. The Morgan fingerprint density at radius 3 is 1.05 bits per heavy atom. The number of carbonyl (C=O) groups is 3. The van der Waals surface area contributed by atoms with E-state index in [9.17, 15) is 14.4 Å². The highest BCUT2D eigenvalue weighted by Gasteiger charge is 2.19. The van der Waals surface area contributed by atoms with Crippen LogP contribution in [0, 0.1) is 0 Å². The normalized spacial score (nSPS) is 12.7. The van der Waals surface area contributed by atoms with Gasteiger partial charge in [-0.3, -0.25) is 14.4 Å². The Balaban J connectivity index is 4.35. The minimum absolute atomic E-state index is 0.0898. The molecule has 0 amide bonds. The fourth-order valence-corrected chi connectivity index (χ4v) is 6.92. The molecule has 360 valence electrons. The Kier molecular flexibility index (Phi) is 48.5. The van der Waals surface area contributed by atoms with Crippen LogP contribution in [0.2, 0.25) is 0 Å². The van der Waals surface area contributed by atoms with Crippen molar-refractivity contribution in [2.24, 2.45) is 0 Å². The molecule has 0 saturated heterocycles. The topological polar surface area (TPSA) is 78.9 Å².